The van der Waals surface area contributed by atoms with Crippen LogP contribution < -0.4 is 0 Å². The topological polar surface area (TPSA) is 73.9 Å². The van der Waals surface area contributed by atoms with Crippen molar-refractivity contribution >= 4 is 22.5 Å². The number of pyridine rings is 1. The Balaban J connectivity index is 1.18. The first-order chi connectivity index (χ1) is 14.8. The third-order valence-corrected chi connectivity index (χ3v) is 6.04. The van der Waals surface area contributed by atoms with E-state index in [1.54, 1.807) is 10.7 Å². The number of likely N-dealkylation sites (tertiary alicyclic amines) is 1. The molecule has 3 aromatic heterocycles. The van der Waals surface area contributed by atoms with Crippen LogP contribution in [0.4, 0.5) is 0 Å². The van der Waals surface area contributed by atoms with E-state index in [2.05, 4.69) is 20.7 Å². The Hall–Kier alpha value is -3.23. The number of carbonyl (C=O) groups excluding carboxylic acids is 1. The number of aromatic nitrogens is 4. The smallest absolute Gasteiger partial charge is 0.257 e. The molecule has 2 fully saturated rings. The molecular weight excluding hydrogens is 382 g/mol. The van der Waals surface area contributed by atoms with Crippen LogP contribution in [0.25, 0.3) is 16.6 Å². The maximum Gasteiger partial charge on any atom is 0.257 e. The molecule has 2 saturated heterocycles. The van der Waals surface area contributed by atoms with Crippen molar-refractivity contribution in [3.63, 3.8) is 0 Å². The number of imidazole rings is 1. The van der Waals surface area contributed by atoms with Gasteiger partial charge < -0.3 is 18.9 Å². The molecule has 5 heterocycles. The summed E-state index contributed by atoms with van der Waals surface area (Å²) in [6.45, 7) is 2.09. The second kappa shape index (κ2) is 6.93. The van der Waals surface area contributed by atoms with E-state index in [1.807, 2.05) is 53.8 Å². The molecule has 0 bridgehead atoms. The van der Waals surface area contributed by atoms with E-state index in [0.29, 0.717) is 31.9 Å². The molecule has 2 aliphatic rings. The zero-order valence-electron chi connectivity index (χ0n) is 16.3. The SMILES string of the molecule is O=C(c1cnn2ccccc12)N1C[C@@H]2OCC(n3cnc4ccccc43)CO[C@H]2C1. The minimum absolute atomic E-state index is 0.0337. The summed E-state index contributed by atoms with van der Waals surface area (Å²) in [7, 11) is 0. The normalized spacial score (nSPS) is 22.5. The van der Waals surface area contributed by atoms with Crippen molar-refractivity contribution in [3.05, 3.63) is 66.7 Å². The molecule has 1 aromatic carbocycles. The van der Waals surface area contributed by atoms with Gasteiger partial charge in [-0.15, -0.1) is 0 Å². The fraction of sp³-hybridized carbons (Fsp3) is 0.318. The van der Waals surface area contributed by atoms with E-state index >= 15 is 0 Å². The van der Waals surface area contributed by atoms with E-state index in [-0.39, 0.29) is 24.2 Å². The lowest BCUT2D eigenvalue weighted by Crippen LogP contribution is -2.31. The second-order valence-corrected chi connectivity index (χ2v) is 7.84. The molecule has 0 spiro atoms. The lowest BCUT2D eigenvalue weighted by Gasteiger charge is -2.19. The van der Waals surface area contributed by atoms with Crippen LogP contribution in [0.1, 0.15) is 16.4 Å². The number of amides is 1. The van der Waals surface area contributed by atoms with Crippen molar-refractivity contribution in [2.24, 2.45) is 0 Å². The van der Waals surface area contributed by atoms with Crippen LogP contribution in [0.5, 0.6) is 0 Å². The molecular formula is C22H21N5O3. The highest BCUT2D eigenvalue weighted by Gasteiger charge is 2.40. The van der Waals surface area contributed by atoms with Crippen molar-refractivity contribution in [3.8, 4) is 0 Å². The van der Waals surface area contributed by atoms with Crippen LogP contribution in [-0.2, 0) is 9.47 Å². The maximum absolute atomic E-state index is 13.1. The summed E-state index contributed by atoms with van der Waals surface area (Å²) in [6, 6.07) is 13.8. The second-order valence-electron chi connectivity index (χ2n) is 7.84. The summed E-state index contributed by atoms with van der Waals surface area (Å²) in [5.74, 6) is -0.0337. The van der Waals surface area contributed by atoms with E-state index in [9.17, 15) is 4.79 Å². The third-order valence-electron chi connectivity index (χ3n) is 6.04. The first-order valence-electron chi connectivity index (χ1n) is 10.1. The summed E-state index contributed by atoms with van der Waals surface area (Å²) in [5, 5.41) is 4.28. The van der Waals surface area contributed by atoms with Crippen LogP contribution in [0.15, 0.2) is 61.2 Å². The molecule has 8 nitrogen and oxygen atoms in total. The Bertz CT molecular complexity index is 1220. The average Bonchev–Trinajstić information content (AvgIpc) is 3.48. The van der Waals surface area contributed by atoms with Gasteiger partial charge in [0.1, 0.15) is 12.2 Å². The Labute approximate surface area is 172 Å². The monoisotopic (exact) mass is 403 g/mol. The fourth-order valence-electron chi connectivity index (χ4n) is 4.45. The van der Waals surface area contributed by atoms with Crippen LogP contribution in [0.3, 0.4) is 0 Å². The summed E-state index contributed by atoms with van der Waals surface area (Å²) in [5.41, 5.74) is 3.46. The minimum Gasteiger partial charge on any atom is -0.371 e. The molecule has 4 aromatic rings. The Morgan fingerprint density at radius 1 is 0.967 bits per heavy atom. The van der Waals surface area contributed by atoms with Crippen LogP contribution >= 0.6 is 0 Å². The van der Waals surface area contributed by atoms with E-state index in [0.717, 1.165) is 16.6 Å². The van der Waals surface area contributed by atoms with Crippen molar-refractivity contribution in [2.45, 2.75) is 18.2 Å². The first kappa shape index (κ1) is 17.6. The quantitative estimate of drug-likeness (QED) is 0.513. The number of ether oxygens (including phenoxy) is 2. The zero-order valence-corrected chi connectivity index (χ0v) is 16.3. The van der Waals surface area contributed by atoms with Gasteiger partial charge in [0.05, 0.1) is 53.9 Å². The highest BCUT2D eigenvalue weighted by Crippen LogP contribution is 2.27. The Morgan fingerprint density at radius 2 is 1.70 bits per heavy atom. The molecule has 2 aliphatic heterocycles. The molecule has 0 radical (unpaired) electrons. The average molecular weight is 403 g/mol. The highest BCUT2D eigenvalue weighted by molar-refractivity contribution is 6.00. The van der Waals surface area contributed by atoms with Gasteiger partial charge in [0.15, 0.2) is 0 Å². The number of rotatable bonds is 2. The van der Waals surface area contributed by atoms with Crippen LogP contribution in [-0.4, -0.2) is 68.5 Å². The summed E-state index contributed by atoms with van der Waals surface area (Å²) in [6.07, 6.45) is 5.07. The molecule has 6 rings (SSSR count). The maximum atomic E-state index is 13.1. The van der Waals surface area contributed by atoms with Gasteiger partial charge in [-0.1, -0.05) is 18.2 Å². The Kier molecular flexibility index (Phi) is 4.07. The van der Waals surface area contributed by atoms with Crippen molar-refractivity contribution in [1.29, 1.82) is 0 Å². The van der Waals surface area contributed by atoms with Gasteiger partial charge in [0, 0.05) is 19.3 Å². The van der Waals surface area contributed by atoms with Gasteiger partial charge in [-0.05, 0) is 24.3 Å². The molecule has 2 atom stereocenters. The number of carbonyl (C=O) groups is 1. The summed E-state index contributed by atoms with van der Waals surface area (Å²) in [4.78, 5) is 19.4. The van der Waals surface area contributed by atoms with Crippen LogP contribution in [0.2, 0.25) is 0 Å². The predicted molar refractivity (Wildman–Crippen MR) is 109 cm³/mol. The summed E-state index contributed by atoms with van der Waals surface area (Å²) >= 11 is 0. The van der Waals surface area contributed by atoms with Gasteiger partial charge in [0.2, 0.25) is 0 Å². The van der Waals surface area contributed by atoms with Gasteiger partial charge in [-0.25, -0.2) is 9.50 Å². The molecule has 0 N–H and O–H groups in total. The van der Waals surface area contributed by atoms with Gasteiger partial charge in [-0.2, -0.15) is 5.10 Å². The lowest BCUT2D eigenvalue weighted by molar-refractivity contribution is -0.00461. The highest BCUT2D eigenvalue weighted by atomic mass is 16.6. The number of para-hydroxylation sites is 2. The molecule has 0 aliphatic carbocycles. The predicted octanol–water partition coefficient (Wildman–Crippen LogP) is 2.17. The number of fused-ring (bicyclic) bond motifs is 3. The molecule has 0 unspecified atom stereocenters. The zero-order chi connectivity index (χ0) is 20.1. The standard InChI is InChI=1S/C22H21N5O3/c28-22(16-9-24-27-8-4-3-6-18(16)27)25-10-20-21(11-25)30-13-15(12-29-20)26-14-23-17-5-1-2-7-19(17)26/h1-9,14-15,20-21H,10-13H2/t20-,21-/m0/s1. The first-order valence-corrected chi connectivity index (χ1v) is 10.1. The van der Waals surface area contributed by atoms with E-state index in [1.165, 1.54) is 0 Å². The van der Waals surface area contributed by atoms with Crippen LogP contribution in [0, 0.1) is 0 Å². The lowest BCUT2D eigenvalue weighted by atomic mass is 10.2. The number of nitrogens with zero attached hydrogens (tertiary/aromatic N) is 5. The minimum atomic E-state index is -0.129. The van der Waals surface area contributed by atoms with Crippen molar-refractivity contribution < 1.29 is 14.3 Å². The van der Waals surface area contributed by atoms with Gasteiger partial charge >= 0.3 is 0 Å². The van der Waals surface area contributed by atoms with Gasteiger partial charge in [0.25, 0.3) is 5.91 Å². The number of hydrogen-bond donors (Lipinski definition) is 0. The van der Waals surface area contributed by atoms with E-state index in [4.69, 9.17) is 9.47 Å². The van der Waals surface area contributed by atoms with Crippen molar-refractivity contribution in [2.75, 3.05) is 26.3 Å². The van der Waals surface area contributed by atoms with E-state index < -0.39 is 0 Å². The largest absolute Gasteiger partial charge is 0.371 e. The number of hydrogen-bond acceptors (Lipinski definition) is 5. The molecule has 30 heavy (non-hydrogen) atoms. The molecule has 152 valence electrons. The van der Waals surface area contributed by atoms with Crippen molar-refractivity contribution in [1.82, 2.24) is 24.1 Å². The third kappa shape index (κ3) is 2.79. The van der Waals surface area contributed by atoms with Gasteiger partial charge in [-0.3, -0.25) is 4.79 Å². The Morgan fingerprint density at radius 3 is 2.53 bits per heavy atom. The number of benzene rings is 1. The molecule has 1 amide bonds. The molecule has 0 saturated carbocycles. The summed E-state index contributed by atoms with van der Waals surface area (Å²) < 4.78 is 16.3. The molecule has 8 heteroatoms. The fourth-order valence-corrected chi connectivity index (χ4v) is 4.45.